The molecule has 1 atom stereocenters. The Balaban J connectivity index is 3.36. The molecule has 0 aliphatic heterocycles. The molecule has 17 heavy (non-hydrogen) atoms. The molecule has 0 aliphatic carbocycles. The maximum absolute atomic E-state index is 10.7. The van der Waals surface area contributed by atoms with Crippen LogP contribution in [0, 0.1) is 15.5 Å². The van der Waals surface area contributed by atoms with Crippen molar-refractivity contribution in [3.05, 3.63) is 32.3 Å². The number of hydrogen-bond acceptors (Lipinski definition) is 5. The summed E-state index contributed by atoms with van der Waals surface area (Å²) < 4.78 is 0.220. The van der Waals surface area contributed by atoms with E-state index in [2.05, 4.69) is 20.9 Å². The van der Waals surface area contributed by atoms with Gasteiger partial charge in [0, 0.05) is 25.5 Å². The molecule has 0 fully saturated rings. The summed E-state index contributed by atoms with van der Waals surface area (Å²) in [7, 11) is 1.56. The van der Waals surface area contributed by atoms with Gasteiger partial charge in [-0.3, -0.25) is 15.1 Å². The highest BCUT2D eigenvalue weighted by molar-refractivity contribution is 9.10. The number of nitrogens with one attached hydrogen (secondary N) is 1. The number of nitrogens with zero attached hydrogens (tertiary/aromatic N) is 2. The number of phenols is 1. The van der Waals surface area contributed by atoms with Gasteiger partial charge in [0.1, 0.15) is 0 Å². The lowest BCUT2D eigenvalue weighted by Crippen LogP contribution is -2.02. The second kappa shape index (κ2) is 5.53. The molecule has 0 spiro atoms. The van der Waals surface area contributed by atoms with Gasteiger partial charge in [0.15, 0.2) is 0 Å². The summed E-state index contributed by atoms with van der Waals surface area (Å²) in [6, 6.07) is 2.76. The Morgan fingerprint density at radius 1 is 1.65 bits per heavy atom. The van der Waals surface area contributed by atoms with Crippen molar-refractivity contribution in [2.45, 2.75) is 5.92 Å². The van der Waals surface area contributed by atoms with Crippen molar-refractivity contribution in [1.29, 1.82) is 5.41 Å². The Hall–Kier alpha value is -1.76. The first-order valence-electron chi connectivity index (χ1n) is 4.61. The van der Waals surface area contributed by atoms with Gasteiger partial charge >= 0.3 is 5.69 Å². The van der Waals surface area contributed by atoms with Crippen LogP contribution in [0.1, 0.15) is 11.5 Å². The van der Waals surface area contributed by atoms with Gasteiger partial charge in [0.2, 0.25) is 5.75 Å². The maximum atomic E-state index is 10.7. The number of nitro benzene ring substituents is 1. The monoisotopic (exact) mass is 299 g/mol. The standard InChI is InChI=1S/C10H10BrN3O3/c1-13-5-7(4-12)6-2-8(11)10(15)9(3-6)14(16)17/h2-5,7,12,15H,1H3. The molecule has 90 valence electrons. The van der Waals surface area contributed by atoms with Gasteiger partial charge in [-0.25, -0.2) is 0 Å². The van der Waals surface area contributed by atoms with Crippen molar-refractivity contribution in [2.24, 2.45) is 4.99 Å². The first-order chi connectivity index (χ1) is 8.01. The highest BCUT2D eigenvalue weighted by atomic mass is 79.9. The lowest BCUT2D eigenvalue weighted by atomic mass is 10.0. The number of phenolic OH excluding ortho intramolecular Hbond substituents is 1. The number of aromatic hydroxyl groups is 1. The fourth-order valence-electron chi connectivity index (χ4n) is 1.32. The van der Waals surface area contributed by atoms with Crippen molar-refractivity contribution < 1.29 is 10.0 Å². The van der Waals surface area contributed by atoms with Gasteiger partial charge < -0.3 is 10.5 Å². The van der Waals surface area contributed by atoms with Crippen LogP contribution in [0.25, 0.3) is 0 Å². The molecule has 0 amide bonds. The molecule has 2 N–H and O–H groups in total. The summed E-state index contributed by atoms with van der Waals surface area (Å²) >= 11 is 3.04. The molecule has 1 aromatic rings. The minimum Gasteiger partial charge on any atom is -0.501 e. The topological polar surface area (TPSA) is 99.6 Å². The third kappa shape index (κ3) is 2.88. The first-order valence-corrected chi connectivity index (χ1v) is 5.40. The quantitative estimate of drug-likeness (QED) is 0.507. The lowest BCUT2D eigenvalue weighted by Gasteiger charge is -2.08. The fourth-order valence-corrected chi connectivity index (χ4v) is 1.79. The SMILES string of the molecule is CN=CC(C=N)c1cc(Br)c(O)c([N+](=O)[O-])c1. The Labute approximate surface area is 106 Å². The molecule has 0 bridgehead atoms. The Morgan fingerprint density at radius 2 is 2.29 bits per heavy atom. The van der Waals surface area contributed by atoms with Crippen LogP contribution in [0.15, 0.2) is 21.6 Å². The molecule has 0 radical (unpaired) electrons. The molecule has 0 heterocycles. The highest BCUT2D eigenvalue weighted by Crippen LogP contribution is 2.36. The molecule has 6 nitrogen and oxygen atoms in total. The molecular formula is C10H10BrN3O3. The second-order valence-electron chi connectivity index (χ2n) is 3.23. The van der Waals surface area contributed by atoms with Crippen molar-refractivity contribution in [3.8, 4) is 5.75 Å². The van der Waals surface area contributed by atoms with Gasteiger partial charge in [0.05, 0.1) is 15.3 Å². The zero-order valence-electron chi connectivity index (χ0n) is 8.92. The number of nitro groups is 1. The van der Waals surface area contributed by atoms with E-state index >= 15 is 0 Å². The molecule has 0 saturated carbocycles. The molecule has 1 rings (SSSR count). The Bertz CT molecular complexity index is 488. The average molecular weight is 300 g/mol. The Kier molecular flexibility index (Phi) is 4.33. The summed E-state index contributed by atoms with van der Waals surface area (Å²) in [6.07, 6.45) is 2.62. The number of rotatable bonds is 4. The maximum Gasteiger partial charge on any atom is 0.312 e. The molecular weight excluding hydrogens is 290 g/mol. The average Bonchev–Trinajstić information content (AvgIpc) is 2.29. The van der Waals surface area contributed by atoms with E-state index in [1.807, 2.05) is 0 Å². The van der Waals surface area contributed by atoms with Gasteiger partial charge in [-0.05, 0) is 27.6 Å². The predicted molar refractivity (Wildman–Crippen MR) is 68.4 cm³/mol. The van der Waals surface area contributed by atoms with Crippen LogP contribution in [0.5, 0.6) is 5.75 Å². The van der Waals surface area contributed by atoms with Crippen LogP contribution >= 0.6 is 15.9 Å². The number of hydrogen-bond donors (Lipinski definition) is 2. The molecule has 7 heteroatoms. The van der Waals surface area contributed by atoms with E-state index in [0.717, 1.165) is 6.21 Å². The summed E-state index contributed by atoms with van der Waals surface area (Å²) in [4.78, 5) is 13.8. The van der Waals surface area contributed by atoms with Crippen LogP contribution in [0.4, 0.5) is 5.69 Å². The van der Waals surface area contributed by atoms with E-state index in [9.17, 15) is 15.2 Å². The molecule has 0 aromatic heterocycles. The van der Waals surface area contributed by atoms with Crippen molar-refractivity contribution >= 4 is 34.0 Å². The highest BCUT2D eigenvalue weighted by Gasteiger charge is 2.20. The van der Waals surface area contributed by atoms with Crippen LogP contribution < -0.4 is 0 Å². The van der Waals surface area contributed by atoms with E-state index in [-0.39, 0.29) is 4.47 Å². The van der Waals surface area contributed by atoms with Crippen LogP contribution in [-0.4, -0.2) is 29.5 Å². The molecule has 0 saturated heterocycles. The molecule has 1 unspecified atom stereocenters. The van der Waals surface area contributed by atoms with E-state index in [1.54, 1.807) is 7.05 Å². The lowest BCUT2D eigenvalue weighted by molar-refractivity contribution is -0.386. The van der Waals surface area contributed by atoms with Gasteiger partial charge in [-0.1, -0.05) is 0 Å². The smallest absolute Gasteiger partial charge is 0.312 e. The summed E-state index contributed by atoms with van der Waals surface area (Å²) in [5.74, 6) is -0.869. The largest absolute Gasteiger partial charge is 0.501 e. The summed E-state index contributed by atoms with van der Waals surface area (Å²) in [5.41, 5.74) is 0.118. The molecule has 0 aliphatic rings. The van der Waals surface area contributed by atoms with Crippen molar-refractivity contribution in [3.63, 3.8) is 0 Å². The van der Waals surface area contributed by atoms with E-state index in [1.165, 1.54) is 18.3 Å². The third-order valence-electron chi connectivity index (χ3n) is 2.14. The van der Waals surface area contributed by atoms with Gasteiger partial charge in [-0.15, -0.1) is 0 Å². The van der Waals surface area contributed by atoms with E-state index < -0.39 is 22.3 Å². The zero-order valence-corrected chi connectivity index (χ0v) is 10.5. The number of benzene rings is 1. The third-order valence-corrected chi connectivity index (χ3v) is 2.74. The van der Waals surface area contributed by atoms with Gasteiger partial charge in [-0.2, -0.15) is 0 Å². The van der Waals surface area contributed by atoms with Crippen LogP contribution in [0.3, 0.4) is 0 Å². The predicted octanol–water partition coefficient (Wildman–Crippen LogP) is 2.50. The van der Waals surface area contributed by atoms with E-state index in [4.69, 9.17) is 5.41 Å². The summed E-state index contributed by atoms with van der Waals surface area (Å²) in [6.45, 7) is 0. The summed E-state index contributed by atoms with van der Waals surface area (Å²) in [5, 5.41) is 27.5. The van der Waals surface area contributed by atoms with Crippen molar-refractivity contribution in [1.82, 2.24) is 0 Å². The molecule has 1 aromatic carbocycles. The Morgan fingerprint density at radius 3 is 2.76 bits per heavy atom. The van der Waals surface area contributed by atoms with Crippen molar-refractivity contribution in [2.75, 3.05) is 7.05 Å². The zero-order chi connectivity index (χ0) is 13.0. The number of aliphatic imine (C=N–C) groups is 1. The van der Waals surface area contributed by atoms with Crippen LogP contribution in [0.2, 0.25) is 0 Å². The van der Waals surface area contributed by atoms with Gasteiger partial charge in [0.25, 0.3) is 0 Å². The minimum atomic E-state index is -0.673. The second-order valence-corrected chi connectivity index (χ2v) is 4.08. The van der Waals surface area contributed by atoms with E-state index in [0.29, 0.717) is 5.56 Å². The first kappa shape index (κ1) is 13.3. The normalized spacial score (nSPS) is 12.6. The number of halogens is 1. The van der Waals surface area contributed by atoms with Crippen LogP contribution in [-0.2, 0) is 0 Å². The fraction of sp³-hybridized carbons (Fsp3) is 0.200. The minimum absolute atomic E-state index is 0.220.